The first-order valence-electron chi connectivity index (χ1n) is 8.90. The highest BCUT2D eigenvalue weighted by Crippen LogP contribution is 2.40. The number of alkyl halides is 3. The minimum absolute atomic E-state index is 0.157. The number of pyridine rings is 1. The molecule has 1 N–H and O–H groups in total. The van der Waals surface area contributed by atoms with Gasteiger partial charge in [-0.15, -0.1) is 0 Å². The number of benzene rings is 1. The Balaban J connectivity index is 1.70. The van der Waals surface area contributed by atoms with E-state index in [9.17, 15) is 22.8 Å². The molecular formula is C20H21F3N2O2. The first-order valence-corrected chi connectivity index (χ1v) is 8.90. The number of carbonyl (C=O) groups is 1. The number of nitrogens with zero attached hydrogens (tertiary/aromatic N) is 1. The van der Waals surface area contributed by atoms with Gasteiger partial charge >= 0.3 is 6.18 Å². The normalized spacial score (nSPS) is 16.3. The van der Waals surface area contributed by atoms with Crippen molar-refractivity contribution in [1.82, 2.24) is 9.88 Å². The minimum atomic E-state index is -4.56. The number of aromatic nitrogens is 1. The molecule has 1 aromatic carbocycles. The first kappa shape index (κ1) is 19.2. The lowest BCUT2D eigenvalue weighted by atomic mass is 9.79. The summed E-state index contributed by atoms with van der Waals surface area (Å²) in [4.78, 5) is 24.1. The molecule has 1 amide bonds. The second kappa shape index (κ2) is 7.58. The van der Waals surface area contributed by atoms with E-state index in [1.54, 1.807) is 0 Å². The van der Waals surface area contributed by atoms with Crippen LogP contribution in [-0.2, 0) is 22.9 Å². The van der Waals surface area contributed by atoms with Crippen molar-refractivity contribution in [2.45, 2.75) is 43.8 Å². The SMILES string of the molecule is O=C(Cn1cc(C(F)(F)F)ccc1=O)NCC1(c2ccccc2)CCCC1. The van der Waals surface area contributed by atoms with Crippen LogP contribution in [0.1, 0.15) is 36.8 Å². The molecule has 144 valence electrons. The maximum absolute atomic E-state index is 12.8. The van der Waals surface area contributed by atoms with Gasteiger partial charge in [0.15, 0.2) is 0 Å². The Morgan fingerprint density at radius 2 is 1.74 bits per heavy atom. The van der Waals surface area contributed by atoms with Gasteiger partial charge in [0.05, 0.1) is 5.56 Å². The molecule has 1 fully saturated rings. The molecule has 1 aliphatic carbocycles. The molecule has 1 saturated carbocycles. The summed E-state index contributed by atoms with van der Waals surface area (Å²) in [5.74, 6) is -0.473. The second-order valence-corrected chi connectivity index (χ2v) is 7.01. The molecule has 0 atom stereocenters. The lowest BCUT2D eigenvalue weighted by Gasteiger charge is -2.30. The highest BCUT2D eigenvalue weighted by atomic mass is 19.4. The average molecular weight is 378 g/mol. The van der Waals surface area contributed by atoms with Crippen molar-refractivity contribution >= 4 is 5.91 Å². The van der Waals surface area contributed by atoms with E-state index in [1.807, 2.05) is 30.3 Å². The number of hydrogen-bond donors (Lipinski definition) is 1. The molecule has 4 nitrogen and oxygen atoms in total. The van der Waals surface area contributed by atoms with Crippen LogP contribution in [0.15, 0.2) is 53.5 Å². The zero-order valence-electron chi connectivity index (χ0n) is 14.8. The molecule has 0 saturated heterocycles. The molecule has 27 heavy (non-hydrogen) atoms. The van der Waals surface area contributed by atoms with Crippen molar-refractivity contribution < 1.29 is 18.0 Å². The van der Waals surface area contributed by atoms with E-state index in [0.29, 0.717) is 12.7 Å². The van der Waals surface area contributed by atoms with Gasteiger partial charge < -0.3 is 9.88 Å². The fraction of sp³-hybridized carbons (Fsp3) is 0.400. The van der Waals surface area contributed by atoms with E-state index >= 15 is 0 Å². The van der Waals surface area contributed by atoms with E-state index in [2.05, 4.69) is 5.32 Å². The van der Waals surface area contributed by atoms with Crippen molar-refractivity contribution in [3.63, 3.8) is 0 Å². The first-order chi connectivity index (χ1) is 12.8. The molecule has 0 bridgehead atoms. The Kier molecular flexibility index (Phi) is 5.39. The predicted octanol–water partition coefficient (Wildman–Crippen LogP) is 3.50. The predicted molar refractivity (Wildman–Crippen MR) is 95.3 cm³/mol. The van der Waals surface area contributed by atoms with Crippen LogP contribution >= 0.6 is 0 Å². The molecule has 1 aromatic heterocycles. The van der Waals surface area contributed by atoms with Crippen molar-refractivity contribution in [1.29, 1.82) is 0 Å². The number of nitrogens with one attached hydrogen (secondary N) is 1. The number of rotatable bonds is 5. The van der Waals surface area contributed by atoms with Gasteiger partial charge in [0.1, 0.15) is 6.54 Å². The van der Waals surface area contributed by atoms with Gasteiger partial charge in [-0.25, -0.2) is 0 Å². The molecule has 0 radical (unpaired) electrons. The van der Waals surface area contributed by atoms with E-state index in [0.717, 1.165) is 47.9 Å². The summed E-state index contributed by atoms with van der Waals surface area (Å²) in [5, 5.41) is 2.82. The van der Waals surface area contributed by atoms with Gasteiger partial charge in [-0.05, 0) is 24.5 Å². The molecular weight excluding hydrogens is 357 g/mol. The molecule has 2 aromatic rings. The van der Waals surface area contributed by atoms with Gasteiger partial charge in [-0.3, -0.25) is 9.59 Å². The van der Waals surface area contributed by atoms with Crippen molar-refractivity contribution in [3.05, 3.63) is 70.1 Å². The Hall–Kier alpha value is -2.57. The van der Waals surface area contributed by atoms with E-state index in [-0.39, 0.29) is 5.41 Å². The van der Waals surface area contributed by atoms with Gasteiger partial charge in [0.2, 0.25) is 5.91 Å². The third kappa shape index (κ3) is 4.40. The fourth-order valence-corrected chi connectivity index (χ4v) is 3.71. The van der Waals surface area contributed by atoms with Gasteiger partial charge in [-0.2, -0.15) is 13.2 Å². The quantitative estimate of drug-likeness (QED) is 0.866. The van der Waals surface area contributed by atoms with Crippen LogP contribution in [0.4, 0.5) is 13.2 Å². The van der Waals surface area contributed by atoms with E-state index in [1.165, 1.54) is 0 Å². The van der Waals surface area contributed by atoms with Crippen molar-refractivity contribution in [2.75, 3.05) is 6.54 Å². The van der Waals surface area contributed by atoms with Crippen molar-refractivity contribution in [2.24, 2.45) is 0 Å². The van der Waals surface area contributed by atoms with Crippen molar-refractivity contribution in [3.8, 4) is 0 Å². The smallest absolute Gasteiger partial charge is 0.354 e. The molecule has 7 heteroatoms. The summed E-state index contributed by atoms with van der Waals surface area (Å²) in [7, 11) is 0. The third-order valence-corrected chi connectivity index (χ3v) is 5.20. The van der Waals surface area contributed by atoms with E-state index in [4.69, 9.17) is 0 Å². The molecule has 0 aliphatic heterocycles. The molecule has 1 aliphatic rings. The Morgan fingerprint density at radius 3 is 2.37 bits per heavy atom. The minimum Gasteiger partial charge on any atom is -0.354 e. The highest BCUT2D eigenvalue weighted by molar-refractivity contribution is 5.75. The number of halogens is 3. The lowest BCUT2D eigenvalue weighted by molar-refractivity contribution is -0.138. The fourth-order valence-electron chi connectivity index (χ4n) is 3.71. The van der Waals surface area contributed by atoms with Crippen LogP contribution in [0.3, 0.4) is 0 Å². The Labute approximate surface area is 155 Å². The summed E-state index contributed by atoms with van der Waals surface area (Å²) in [6, 6.07) is 11.5. The average Bonchev–Trinajstić information content (AvgIpc) is 3.12. The van der Waals surface area contributed by atoms with Crippen LogP contribution < -0.4 is 10.9 Å². The maximum Gasteiger partial charge on any atom is 0.417 e. The number of amides is 1. The molecule has 0 unspecified atom stereocenters. The topological polar surface area (TPSA) is 51.1 Å². The van der Waals surface area contributed by atoms with Gasteiger partial charge in [-0.1, -0.05) is 43.2 Å². The second-order valence-electron chi connectivity index (χ2n) is 7.01. The van der Waals surface area contributed by atoms with Crippen LogP contribution in [-0.4, -0.2) is 17.0 Å². The summed E-state index contributed by atoms with van der Waals surface area (Å²) in [6.45, 7) is -0.0306. The third-order valence-electron chi connectivity index (χ3n) is 5.20. The van der Waals surface area contributed by atoms with E-state index < -0.39 is 29.8 Å². The lowest BCUT2D eigenvalue weighted by Crippen LogP contribution is -2.41. The summed E-state index contributed by atoms with van der Waals surface area (Å²) in [6.07, 6.45) is 0.148. The van der Waals surface area contributed by atoms with Crippen LogP contribution in [0, 0.1) is 0 Å². The number of hydrogen-bond acceptors (Lipinski definition) is 2. The Morgan fingerprint density at radius 1 is 1.07 bits per heavy atom. The van der Waals surface area contributed by atoms with Gasteiger partial charge in [0, 0.05) is 24.2 Å². The zero-order chi connectivity index (χ0) is 19.5. The molecule has 0 spiro atoms. The summed E-state index contributed by atoms with van der Waals surface area (Å²) < 4.78 is 39.2. The highest BCUT2D eigenvalue weighted by Gasteiger charge is 2.36. The molecule has 1 heterocycles. The van der Waals surface area contributed by atoms with Gasteiger partial charge in [0.25, 0.3) is 5.56 Å². The largest absolute Gasteiger partial charge is 0.417 e. The van der Waals surface area contributed by atoms with Crippen LogP contribution in [0.25, 0.3) is 0 Å². The van der Waals surface area contributed by atoms with Crippen LogP contribution in [0.5, 0.6) is 0 Å². The summed E-state index contributed by atoms with van der Waals surface area (Å²) in [5.41, 5.74) is -0.599. The summed E-state index contributed by atoms with van der Waals surface area (Å²) >= 11 is 0. The Bertz CT molecular complexity index is 854. The maximum atomic E-state index is 12.8. The standard InChI is InChI=1S/C20H21F3N2O2/c21-20(22,23)16-8-9-18(27)25(12-16)13-17(26)24-14-19(10-4-5-11-19)15-6-2-1-3-7-15/h1-3,6-9,12H,4-5,10-11,13-14H2,(H,24,26). The zero-order valence-corrected chi connectivity index (χ0v) is 14.8. The number of carbonyl (C=O) groups excluding carboxylic acids is 1. The molecule has 3 rings (SSSR count). The van der Waals surface area contributed by atoms with Crippen LogP contribution in [0.2, 0.25) is 0 Å². The monoisotopic (exact) mass is 378 g/mol.